The second-order valence-corrected chi connectivity index (χ2v) is 6.84. The number of halogens is 3. The van der Waals surface area contributed by atoms with E-state index in [1.807, 2.05) is 11.8 Å². The smallest absolute Gasteiger partial charge is 0.246 e. The molecule has 168 valence electrons. The van der Waals surface area contributed by atoms with Gasteiger partial charge >= 0.3 is 0 Å². The zero-order valence-corrected chi connectivity index (χ0v) is 17.3. The molecule has 1 saturated heterocycles. The highest BCUT2D eigenvalue weighted by atomic mass is 19.2. The molecule has 0 saturated carbocycles. The molecule has 10 heteroatoms. The number of guanidine groups is 1. The van der Waals surface area contributed by atoms with Gasteiger partial charge in [0.2, 0.25) is 5.91 Å². The van der Waals surface area contributed by atoms with Crippen molar-refractivity contribution in [2.75, 3.05) is 51.8 Å². The number of carbonyl (C=O) groups is 1. The van der Waals surface area contributed by atoms with Crippen LogP contribution in [0.15, 0.2) is 17.1 Å². The summed E-state index contributed by atoms with van der Waals surface area (Å²) in [5.41, 5.74) is -0.425. The lowest BCUT2D eigenvalue weighted by Crippen LogP contribution is -2.47. The van der Waals surface area contributed by atoms with Gasteiger partial charge in [-0.15, -0.1) is 0 Å². The van der Waals surface area contributed by atoms with E-state index in [-0.39, 0.29) is 12.6 Å². The number of piperidine rings is 1. The number of carbonyl (C=O) groups excluding carboxylic acids is 1. The molecule has 1 aromatic carbocycles. The fraction of sp³-hybridized carbons (Fsp3) is 0.600. The number of likely N-dealkylation sites (tertiary alicyclic amines) is 1. The number of rotatable bonds is 9. The Morgan fingerprint density at radius 1 is 1.20 bits per heavy atom. The van der Waals surface area contributed by atoms with Crippen LogP contribution in [0.4, 0.5) is 18.9 Å². The van der Waals surface area contributed by atoms with Crippen LogP contribution in [0.25, 0.3) is 0 Å². The lowest BCUT2D eigenvalue weighted by Gasteiger charge is -2.34. The molecule has 1 aliphatic heterocycles. The first-order chi connectivity index (χ1) is 14.5. The fourth-order valence-electron chi connectivity index (χ4n) is 3.07. The number of anilines is 1. The highest BCUT2D eigenvalue weighted by Gasteiger charge is 2.22. The second kappa shape index (κ2) is 12.4. The summed E-state index contributed by atoms with van der Waals surface area (Å²) in [5.74, 6) is -4.45. The average Bonchev–Trinajstić information content (AvgIpc) is 2.75. The molecule has 0 aromatic heterocycles. The number of hydrogen-bond acceptors (Lipinski definition) is 4. The van der Waals surface area contributed by atoms with Gasteiger partial charge < -0.3 is 25.0 Å². The van der Waals surface area contributed by atoms with E-state index >= 15 is 0 Å². The standard InChI is InChI=1S/C20H29F3N4O3/c1-3-24-20(27-9-7-14(8-10-27)30-12-4-11-29-2)25-13-17(28)26-16-6-5-15(21)18(22)19(16)23/h5-6,14H,3-4,7-13H2,1-2H3,(H,24,25)(H,26,28). The Kier molecular flexibility index (Phi) is 9.88. The Hall–Kier alpha value is -2.33. The predicted molar refractivity (Wildman–Crippen MR) is 108 cm³/mol. The molecule has 0 bridgehead atoms. The van der Waals surface area contributed by atoms with Crippen molar-refractivity contribution in [3.05, 3.63) is 29.6 Å². The summed E-state index contributed by atoms with van der Waals surface area (Å²) in [6, 6.07) is 1.72. The maximum atomic E-state index is 13.7. The van der Waals surface area contributed by atoms with E-state index in [2.05, 4.69) is 15.6 Å². The lowest BCUT2D eigenvalue weighted by molar-refractivity contribution is -0.114. The van der Waals surface area contributed by atoms with Crippen molar-refractivity contribution in [1.82, 2.24) is 10.2 Å². The SMILES string of the molecule is CCNC(=NCC(=O)Nc1ccc(F)c(F)c1F)N1CCC(OCCCOC)CC1. The Morgan fingerprint density at radius 3 is 2.60 bits per heavy atom. The monoisotopic (exact) mass is 430 g/mol. The molecule has 2 N–H and O–H groups in total. The molecular weight excluding hydrogens is 401 g/mol. The number of nitrogens with one attached hydrogen (secondary N) is 2. The second-order valence-electron chi connectivity index (χ2n) is 6.84. The van der Waals surface area contributed by atoms with E-state index < -0.39 is 29.0 Å². The van der Waals surface area contributed by atoms with Crippen LogP contribution in [0, 0.1) is 17.5 Å². The van der Waals surface area contributed by atoms with Gasteiger partial charge in [-0.3, -0.25) is 4.79 Å². The van der Waals surface area contributed by atoms with Crippen LogP contribution in [0.2, 0.25) is 0 Å². The molecule has 0 unspecified atom stereocenters. The maximum absolute atomic E-state index is 13.7. The number of nitrogens with zero attached hydrogens (tertiary/aromatic N) is 2. The molecule has 2 rings (SSSR count). The lowest BCUT2D eigenvalue weighted by atomic mass is 10.1. The maximum Gasteiger partial charge on any atom is 0.246 e. The Morgan fingerprint density at radius 2 is 1.93 bits per heavy atom. The van der Waals surface area contributed by atoms with Crippen molar-refractivity contribution in [2.24, 2.45) is 4.99 Å². The first-order valence-electron chi connectivity index (χ1n) is 10.0. The first-order valence-corrected chi connectivity index (χ1v) is 10.0. The number of methoxy groups -OCH3 is 1. The minimum atomic E-state index is -1.63. The van der Waals surface area contributed by atoms with Gasteiger partial charge in [0, 0.05) is 40.0 Å². The van der Waals surface area contributed by atoms with Crippen molar-refractivity contribution in [2.45, 2.75) is 32.3 Å². The van der Waals surface area contributed by atoms with Gasteiger partial charge in [0.15, 0.2) is 23.4 Å². The average molecular weight is 430 g/mol. The fourth-order valence-corrected chi connectivity index (χ4v) is 3.07. The molecule has 30 heavy (non-hydrogen) atoms. The largest absolute Gasteiger partial charge is 0.385 e. The zero-order valence-electron chi connectivity index (χ0n) is 17.3. The quantitative estimate of drug-likeness (QED) is 0.273. The zero-order chi connectivity index (χ0) is 21.9. The van der Waals surface area contributed by atoms with Gasteiger partial charge in [-0.25, -0.2) is 18.2 Å². The third kappa shape index (κ3) is 7.17. The van der Waals surface area contributed by atoms with Gasteiger partial charge in [0.25, 0.3) is 0 Å². The van der Waals surface area contributed by atoms with Crippen molar-refractivity contribution >= 4 is 17.6 Å². The van der Waals surface area contributed by atoms with E-state index in [1.54, 1.807) is 7.11 Å². The highest BCUT2D eigenvalue weighted by Crippen LogP contribution is 2.19. The van der Waals surface area contributed by atoms with Crippen LogP contribution in [0.5, 0.6) is 0 Å². The summed E-state index contributed by atoms with van der Waals surface area (Å²) in [7, 11) is 1.66. The van der Waals surface area contributed by atoms with Crippen LogP contribution in [-0.4, -0.2) is 69.4 Å². The molecule has 1 fully saturated rings. The van der Waals surface area contributed by atoms with Crippen molar-refractivity contribution in [3.8, 4) is 0 Å². The van der Waals surface area contributed by atoms with Gasteiger partial charge in [-0.2, -0.15) is 0 Å². The van der Waals surface area contributed by atoms with E-state index in [9.17, 15) is 18.0 Å². The van der Waals surface area contributed by atoms with Crippen molar-refractivity contribution < 1.29 is 27.4 Å². The van der Waals surface area contributed by atoms with Crippen LogP contribution in [-0.2, 0) is 14.3 Å². The highest BCUT2D eigenvalue weighted by molar-refractivity contribution is 5.94. The van der Waals surface area contributed by atoms with Crippen LogP contribution < -0.4 is 10.6 Å². The molecule has 0 spiro atoms. The number of ether oxygens (including phenoxy) is 2. The summed E-state index contributed by atoms with van der Waals surface area (Å²) in [6.45, 7) is 5.03. The first kappa shape index (κ1) is 23.9. The van der Waals surface area contributed by atoms with Crippen LogP contribution >= 0.6 is 0 Å². The van der Waals surface area contributed by atoms with Gasteiger partial charge in [-0.1, -0.05) is 0 Å². The summed E-state index contributed by atoms with van der Waals surface area (Å²) in [6.07, 6.45) is 2.71. The number of benzene rings is 1. The molecular formula is C20H29F3N4O3. The summed E-state index contributed by atoms with van der Waals surface area (Å²) >= 11 is 0. The van der Waals surface area contributed by atoms with Crippen molar-refractivity contribution in [1.29, 1.82) is 0 Å². The number of aliphatic imine (C=N–C) groups is 1. The van der Waals surface area contributed by atoms with Crippen molar-refractivity contribution in [3.63, 3.8) is 0 Å². The van der Waals surface area contributed by atoms with E-state index in [1.165, 1.54) is 0 Å². The summed E-state index contributed by atoms with van der Waals surface area (Å²) in [4.78, 5) is 18.4. The summed E-state index contributed by atoms with van der Waals surface area (Å²) in [5, 5.41) is 5.34. The normalized spacial score (nSPS) is 15.4. The predicted octanol–water partition coefficient (Wildman–Crippen LogP) is 2.53. The van der Waals surface area contributed by atoms with E-state index in [4.69, 9.17) is 9.47 Å². The minimum absolute atomic E-state index is 0.181. The van der Waals surface area contributed by atoms with E-state index in [0.29, 0.717) is 25.7 Å². The number of amides is 1. The molecule has 1 heterocycles. The Balaban J connectivity index is 1.87. The topological polar surface area (TPSA) is 75.2 Å². The van der Waals surface area contributed by atoms with Crippen LogP contribution in [0.3, 0.4) is 0 Å². The van der Waals surface area contributed by atoms with Crippen LogP contribution in [0.1, 0.15) is 26.2 Å². The molecule has 0 radical (unpaired) electrons. The summed E-state index contributed by atoms with van der Waals surface area (Å²) < 4.78 is 50.8. The Bertz CT molecular complexity index is 725. The molecule has 1 amide bonds. The molecule has 0 atom stereocenters. The van der Waals surface area contributed by atoms with Gasteiger partial charge in [0.05, 0.1) is 11.8 Å². The number of hydrogen-bond donors (Lipinski definition) is 2. The van der Waals surface area contributed by atoms with E-state index in [0.717, 1.165) is 44.5 Å². The molecule has 1 aromatic rings. The molecule has 7 nitrogen and oxygen atoms in total. The Labute approximate surface area is 174 Å². The third-order valence-electron chi connectivity index (χ3n) is 4.60. The third-order valence-corrected chi connectivity index (χ3v) is 4.60. The molecule has 1 aliphatic rings. The van der Waals surface area contributed by atoms with Gasteiger partial charge in [-0.05, 0) is 38.3 Å². The molecule has 0 aliphatic carbocycles. The minimum Gasteiger partial charge on any atom is -0.385 e. The van der Waals surface area contributed by atoms with Gasteiger partial charge in [0.1, 0.15) is 6.54 Å².